The van der Waals surface area contributed by atoms with Crippen LogP contribution in [0, 0.1) is 5.92 Å². The van der Waals surface area contributed by atoms with Crippen LogP contribution in [-0.4, -0.2) is 40.7 Å². The summed E-state index contributed by atoms with van der Waals surface area (Å²) in [5, 5.41) is 16.3. The third-order valence-corrected chi connectivity index (χ3v) is 6.01. The highest BCUT2D eigenvalue weighted by Gasteiger charge is 2.37. The van der Waals surface area contributed by atoms with Crippen LogP contribution >= 0.6 is 11.3 Å². The van der Waals surface area contributed by atoms with Gasteiger partial charge < -0.3 is 26.2 Å². The maximum absolute atomic E-state index is 12.5. The first-order valence-corrected chi connectivity index (χ1v) is 10.0. The van der Waals surface area contributed by atoms with Gasteiger partial charge in [-0.2, -0.15) is 0 Å². The van der Waals surface area contributed by atoms with Crippen LogP contribution in [0.25, 0.3) is 0 Å². The molecule has 0 saturated heterocycles. The van der Waals surface area contributed by atoms with Crippen LogP contribution in [-0.2, 0) is 17.8 Å². The van der Waals surface area contributed by atoms with Crippen molar-refractivity contribution in [3.05, 3.63) is 40.4 Å². The summed E-state index contributed by atoms with van der Waals surface area (Å²) in [6, 6.07) is 5.46. The number of fused-ring (bicyclic) bond motifs is 1. The lowest BCUT2D eigenvalue weighted by Crippen LogP contribution is -2.39. The number of ether oxygens (including phenoxy) is 1. The van der Waals surface area contributed by atoms with Gasteiger partial charge in [0.15, 0.2) is 5.13 Å². The Morgan fingerprint density at radius 3 is 3.00 bits per heavy atom. The summed E-state index contributed by atoms with van der Waals surface area (Å²) in [5.74, 6) is 0.120. The Balaban J connectivity index is 1.30. The van der Waals surface area contributed by atoms with Gasteiger partial charge in [-0.25, -0.2) is 4.98 Å². The number of benzene rings is 1. The molecule has 2 heterocycles. The number of aromatic nitrogens is 1. The van der Waals surface area contributed by atoms with Crippen LogP contribution in [0.15, 0.2) is 24.4 Å². The second-order valence-corrected chi connectivity index (χ2v) is 8.20. The zero-order valence-corrected chi connectivity index (χ0v) is 16.0. The summed E-state index contributed by atoms with van der Waals surface area (Å²) in [4.78, 5) is 29.0. The Kier molecular flexibility index (Phi) is 5.19. The standard InChI is InChI=1S/C19H22N4O4S/c20-19-22-9-16(28-19)18(26)23-13-6-12(7-14(13)24)17(25)21-8-10-1-2-15-11(5-10)3-4-27-15/h1-2,5,9,12-14,24H,3-4,6-8H2,(H2,20,22)(H,21,25)(H,23,26)/t12-,13-,14-/m0/s1. The molecule has 2 amide bonds. The largest absolute Gasteiger partial charge is 0.493 e. The summed E-state index contributed by atoms with van der Waals surface area (Å²) in [6.45, 7) is 1.13. The van der Waals surface area contributed by atoms with E-state index in [1.807, 2.05) is 12.1 Å². The number of rotatable bonds is 5. The van der Waals surface area contributed by atoms with Crippen molar-refractivity contribution in [1.82, 2.24) is 15.6 Å². The second kappa shape index (κ2) is 7.76. The van der Waals surface area contributed by atoms with E-state index in [4.69, 9.17) is 10.5 Å². The number of amides is 2. The monoisotopic (exact) mass is 402 g/mol. The van der Waals surface area contributed by atoms with Gasteiger partial charge in [-0.3, -0.25) is 9.59 Å². The molecule has 2 aliphatic rings. The van der Waals surface area contributed by atoms with Gasteiger partial charge in [0.2, 0.25) is 5.91 Å². The van der Waals surface area contributed by atoms with E-state index in [2.05, 4.69) is 21.7 Å². The van der Waals surface area contributed by atoms with Crippen molar-refractivity contribution < 1.29 is 19.4 Å². The minimum atomic E-state index is -0.762. The zero-order chi connectivity index (χ0) is 19.7. The molecule has 1 aromatic carbocycles. The average Bonchev–Trinajstić information content (AvgIpc) is 3.40. The topological polar surface area (TPSA) is 127 Å². The highest BCUT2D eigenvalue weighted by Crippen LogP contribution is 2.28. The maximum Gasteiger partial charge on any atom is 0.263 e. The normalized spacial score (nSPS) is 23.1. The molecule has 4 rings (SSSR count). The Hall–Kier alpha value is -2.65. The maximum atomic E-state index is 12.5. The molecule has 28 heavy (non-hydrogen) atoms. The number of hydrogen-bond donors (Lipinski definition) is 4. The molecule has 0 spiro atoms. The Morgan fingerprint density at radius 1 is 1.36 bits per heavy atom. The molecule has 8 nitrogen and oxygen atoms in total. The minimum absolute atomic E-state index is 0.116. The van der Waals surface area contributed by atoms with Gasteiger partial charge in [0, 0.05) is 18.9 Å². The number of hydrogen-bond acceptors (Lipinski definition) is 7. The molecular formula is C19H22N4O4S. The van der Waals surface area contributed by atoms with Gasteiger partial charge >= 0.3 is 0 Å². The number of carbonyl (C=O) groups excluding carboxylic acids is 2. The Bertz CT molecular complexity index is 900. The summed E-state index contributed by atoms with van der Waals surface area (Å²) in [5.41, 5.74) is 7.72. The van der Waals surface area contributed by atoms with Gasteiger partial charge in [0.1, 0.15) is 10.6 Å². The molecule has 9 heteroatoms. The molecule has 1 aliphatic heterocycles. The highest BCUT2D eigenvalue weighted by atomic mass is 32.1. The van der Waals surface area contributed by atoms with Crippen LogP contribution in [0.5, 0.6) is 5.75 Å². The van der Waals surface area contributed by atoms with Crippen LogP contribution in [0.2, 0.25) is 0 Å². The molecule has 148 valence electrons. The fourth-order valence-corrected chi connectivity index (χ4v) is 4.29. The molecule has 0 radical (unpaired) electrons. The van der Waals surface area contributed by atoms with Crippen molar-refractivity contribution in [1.29, 1.82) is 0 Å². The lowest BCUT2D eigenvalue weighted by atomic mass is 10.1. The third-order valence-electron chi connectivity index (χ3n) is 5.18. The number of aliphatic hydroxyl groups excluding tert-OH is 1. The number of carbonyl (C=O) groups is 2. The predicted octanol–water partition coefficient (Wildman–Crippen LogP) is 0.846. The van der Waals surface area contributed by atoms with Crippen molar-refractivity contribution in [2.24, 2.45) is 5.92 Å². The number of anilines is 1. The predicted molar refractivity (Wildman–Crippen MR) is 104 cm³/mol. The molecule has 3 atom stereocenters. The summed E-state index contributed by atoms with van der Waals surface area (Å²) in [6.07, 6.45) is 2.24. The number of thiazole rings is 1. The average molecular weight is 402 g/mol. The second-order valence-electron chi connectivity index (χ2n) is 7.14. The SMILES string of the molecule is Nc1ncc(C(=O)N[C@H]2C[C@H](C(=O)NCc3ccc4c(c3)CCO4)C[C@@H]2O)s1. The van der Waals surface area contributed by atoms with Crippen LogP contribution in [0.3, 0.4) is 0 Å². The van der Waals surface area contributed by atoms with Crippen molar-refractivity contribution in [3.8, 4) is 5.75 Å². The number of nitrogen functional groups attached to an aromatic ring is 1. The highest BCUT2D eigenvalue weighted by molar-refractivity contribution is 7.17. The van der Waals surface area contributed by atoms with Gasteiger partial charge in [0.05, 0.1) is 24.9 Å². The van der Waals surface area contributed by atoms with E-state index in [1.165, 1.54) is 6.20 Å². The number of aliphatic hydroxyl groups is 1. The summed E-state index contributed by atoms with van der Waals surface area (Å²) < 4.78 is 5.49. The molecule has 1 fully saturated rings. The molecule has 1 aliphatic carbocycles. The van der Waals surface area contributed by atoms with Gasteiger partial charge in [-0.15, -0.1) is 0 Å². The molecule has 0 bridgehead atoms. The van der Waals surface area contributed by atoms with Crippen molar-refractivity contribution >= 4 is 28.3 Å². The molecule has 0 unspecified atom stereocenters. The quantitative estimate of drug-likeness (QED) is 0.587. The number of nitrogens with one attached hydrogen (secondary N) is 2. The van der Waals surface area contributed by atoms with Crippen LogP contribution < -0.4 is 21.1 Å². The fraction of sp³-hybridized carbons (Fsp3) is 0.421. The van der Waals surface area contributed by atoms with Crippen molar-refractivity contribution in [2.45, 2.75) is 38.0 Å². The van der Waals surface area contributed by atoms with E-state index in [9.17, 15) is 14.7 Å². The van der Waals surface area contributed by atoms with Crippen molar-refractivity contribution in [3.63, 3.8) is 0 Å². The lowest BCUT2D eigenvalue weighted by molar-refractivity contribution is -0.125. The lowest BCUT2D eigenvalue weighted by Gasteiger charge is -2.15. The van der Waals surface area contributed by atoms with Crippen molar-refractivity contribution in [2.75, 3.05) is 12.3 Å². The Labute approximate surface area is 166 Å². The van der Waals surface area contributed by atoms with E-state index < -0.39 is 12.1 Å². The molecular weight excluding hydrogens is 380 g/mol. The number of nitrogens with zero attached hydrogens (tertiary/aromatic N) is 1. The van der Waals surface area contributed by atoms with Gasteiger partial charge in [-0.1, -0.05) is 23.5 Å². The third kappa shape index (κ3) is 3.95. The van der Waals surface area contributed by atoms with E-state index in [0.29, 0.717) is 36.0 Å². The van der Waals surface area contributed by atoms with E-state index >= 15 is 0 Å². The number of nitrogens with two attached hydrogens (primary N) is 1. The minimum Gasteiger partial charge on any atom is -0.493 e. The molecule has 1 aromatic heterocycles. The fourth-order valence-electron chi connectivity index (χ4n) is 3.70. The smallest absolute Gasteiger partial charge is 0.263 e. The molecule has 1 saturated carbocycles. The first-order chi connectivity index (χ1) is 13.5. The molecule has 2 aromatic rings. The van der Waals surface area contributed by atoms with Crippen LogP contribution in [0.1, 0.15) is 33.6 Å². The van der Waals surface area contributed by atoms with E-state index in [-0.39, 0.29) is 17.7 Å². The Morgan fingerprint density at radius 2 is 2.21 bits per heavy atom. The van der Waals surface area contributed by atoms with E-state index in [1.54, 1.807) is 0 Å². The summed E-state index contributed by atoms with van der Waals surface area (Å²) in [7, 11) is 0. The first-order valence-electron chi connectivity index (χ1n) is 9.22. The summed E-state index contributed by atoms with van der Waals surface area (Å²) >= 11 is 1.09. The van der Waals surface area contributed by atoms with Gasteiger partial charge in [0.25, 0.3) is 5.91 Å². The first kappa shape index (κ1) is 18.7. The van der Waals surface area contributed by atoms with Crippen LogP contribution in [0.4, 0.5) is 5.13 Å². The zero-order valence-electron chi connectivity index (χ0n) is 15.2. The van der Waals surface area contributed by atoms with Gasteiger partial charge in [-0.05, 0) is 30.0 Å². The molecule has 5 N–H and O–H groups in total. The van der Waals surface area contributed by atoms with E-state index in [0.717, 1.165) is 34.6 Å².